The number of fused-ring (bicyclic) bond motifs is 3. The molecule has 5 amide bonds. The first-order valence-corrected chi connectivity index (χ1v) is 31.4. The van der Waals surface area contributed by atoms with Crippen molar-refractivity contribution in [3.8, 4) is 17.2 Å². The minimum Gasteiger partial charge on any atom is -0.493 e. The molecule has 3 aliphatic rings. The second kappa shape index (κ2) is 33.4. The number of ether oxygens (including phenoxy) is 5. The molecule has 508 valence electrons. The summed E-state index contributed by atoms with van der Waals surface area (Å²) < 4.78 is 27.2. The van der Waals surface area contributed by atoms with E-state index in [1.807, 2.05) is 71.9 Å². The number of nitrogens with zero attached hydrogens (tertiary/aromatic N) is 11. The number of hydrogen-bond donors (Lipinski definition) is 8. The summed E-state index contributed by atoms with van der Waals surface area (Å²) in [6.45, 7) is 25.3. The van der Waals surface area contributed by atoms with Gasteiger partial charge >= 0.3 is 12.2 Å². The number of guanidine groups is 2. The van der Waals surface area contributed by atoms with E-state index in [1.165, 1.54) is 4.90 Å². The van der Waals surface area contributed by atoms with Gasteiger partial charge in [0.1, 0.15) is 45.9 Å². The second-order valence-electron chi connectivity index (χ2n) is 24.8. The number of nitrogens with two attached hydrogens (primary N) is 3. The number of hydrogen-bond acceptors (Lipinski definition) is 22. The van der Waals surface area contributed by atoms with Crippen molar-refractivity contribution in [3.63, 3.8) is 0 Å². The number of anilines is 6. The van der Waals surface area contributed by atoms with Crippen molar-refractivity contribution in [2.45, 2.75) is 132 Å². The van der Waals surface area contributed by atoms with Crippen LogP contribution in [0.4, 0.5) is 44.9 Å². The van der Waals surface area contributed by atoms with Gasteiger partial charge in [-0.1, -0.05) is 0 Å². The lowest BCUT2D eigenvalue weighted by Gasteiger charge is -2.23. The minimum absolute atomic E-state index is 0.0162. The summed E-state index contributed by atoms with van der Waals surface area (Å²) in [5.74, 6) is 4.28. The van der Waals surface area contributed by atoms with Gasteiger partial charge in [-0.25, -0.2) is 24.5 Å². The van der Waals surface area contributed by atoms with Gasteiger partial charge < -0.3 is 56.8 Å². The first-order valence-electron chi connectivity index (χ1n) is 31.4. The van der Waals surface area contributed by atoms with E-state index in [4.69, 9.17) is 40.9 Å². The summed E-state index contributed by atoms with van der Waals surface area (Å²) in [5.41, 5.74) is 19.7. The molecule has 0 saturated carbocycles. The predicted octanol–water partition coefficient (Wildman–Crippen LogP) is 7.27. The predicted molar refractivity (Wildman–Crippen MR) is 365 cm³/mol. The van der Waals surface area contributed by atoms with Gasteiger partial charge in [-0.15, -0.1) is 0 Å². The summed E-state index contributed by atoms with van der Waals surface area (Å²) in [4.78, 5) is 104. The molecule has 0 bridgehead atoms. The Morgan fingerprint density at radius 1 is 0.505 bits per heavy atom. The van der Waals surface area contributed by atoms with Gasteiger partial charge in [0.2, 0.25) is 23.8 Å². The summed E-state index contributed by atoms with van der Waals surface area (Å²) in [7, 11) is 0. The number of rotatable bonds is 20. The first kappa shape index (κ1) is 72.0. The van der Waals surface area contributed by atoms with Crippen LogP contribution in [0, 0.1) is 0 Å². The lowest BCUT2D eigenvalue weighted by atomic mass is 10.1. The van der Waals surface area contributed by atoms with Crippen LogP contribution < -0.4 is 72.7 Å². The lowest BCUT2D eigenvalue weighted by Crippen LogP contribution is -2.47. The summed E-state index contributed by atoms with van der Waals surface area (Å²) in [6.07, 6.45) is 5.52. The third-order valence-electron chi connectivity index (χ3n) is 13.4. The van der Waals surface area contributed by atoms with E-state index in [0.29, 0.717) is 91.3 Å². The van der Waals surface area contributed by atoms with Crippen molar-refractivity contribution in [2.75, 3.05) is 89.7 Å². The molecule has 11 N–H and O–H groups in total. The molecule has 9 rings (SSSR count). The highest BCUT2D eigenvalue weighted by Gasteiger charge is 2.27. The van der Waals surface area contributed by atoms with Gasteiger partial charge in [0, 0.05) is 98.8 Å². The Bertz CT molecular complexity index is 3660. The van der Waals surface area contributed by atoms with Crippen molar-refractivity contribution < 1.29 is 47.7 Å². The van der Waals surface area contributed by atoms with E-state index in [9.17, 15) is 24.0 Å². The largest absolute Gasteiger partial charge is 0.493 e. The zero-order chi connectivity index (χ0) is 69.0. The molecule has 0 saturated heterocycles. The van der Waals surface area contributed by atoms with Crippen LogP contribution in [0.25, 0.3) is 0 Å². The third-order valence-corrected chi connectivity index (χ3v) is 13.4. The number of alkyl carbamates (subject to hydrolysis) is 2. The minimum atomic E-state index is -0.814. The maximum absolute atomic E-state index is 13.8. The lowest BCUT2D eigenvalue weighted by molar-refractivity contribution is 0.0543. The molecule has 6 aromatic rings. The van der Waals surface area contributed by atoms with Crippen LogP contribution in [0.2, 0.25) is 0 Å². The number of carbonyl (C=O) groups is 5. The Kier molecular flexibility index (Phi) is 25.3. The fraction of sp³-hybridized carbons (Fsp3) is 0.439. The van der Waals surface area contributed by atoms with Crippen molar-refractivity contribution >= 4 is 77.1 Å². The topological polar surface area (TPSA) is 381 Å². The van der Waals surface area contributed by atoms with Crippen LogP contribution in [0.1, 0.15) is 131 Å². The summed E-state index contributed by atoms with van der Waals surface area (Å²) in [6, 6.07) is 21.8. The van der Waals surface area contributed by atoms with Crippen LogP contribution in [0.15, 0.2) is 101 Å². The monoisotopic (exact) mass is 1310 g/mol. The molecule has 0 atom stereocenters. The molecule has 29 heteroatoms. The Morgan fingerprint density at radius 3 is 1.14 bits per heavy atom. The van der Waals surface area contributed by atoms with Gasteiger partial charge in [-0.3, -0.25) is 49.7 Å². The first-order chi connectivity index (χ1) is 45.1. The number of carbonyl (C=O) groups excluding carboxylic acids is 5. The molecular formula is C66H89N19O10. The number of nitrogens with one attached hydrogen (secondary N) is 5. The van der Waals surface area contributed by atoms with Crippen molar-refractivity contribution in [1.29, 1.82) is 0 Å². The zero-order valence-corrected chi connectivity index (χ0v) is 56.1. The van der Waals surface area contributed by atoms with E-state index in [1.54, 1.807) is 112 Å². The number of aliphatic imine (C=N–C) groups is 2. The molecule has 0 unspecified atom stereocenters. The van der Waals surface area contributed by atoms with Gasteiger partial charge in [0.25, 0.3) is 17.7 Å². The van der Waals surface area contributed by atoms with E-state index >= 15 is 0 Å². The Labute approximate surface area is 553 Å². The smallest absolute Gasteiger partial charge is 0.414 e. The fourth-order valence-electron chi connectivity index (χ4n) is 9.45. The molecule has 3 aromatic heterocycles. The van der Waals surface area contributed by atoms with Crippen LogP contribution >= 0.6 is 0 Å². The van der Waals surface area contributed by atoms with Gasteiger partial charge in [0.15, 0.2) is 5.96 Å². The Morgan fingerprint density at radius 2 is 0.832 bits per heavy atom. The Balaban J connectivity index is 0.000000210. The summed E-state index contributed by atoms with van der Waals surface area (Å²) in [5, 5.41) is 14.3. The zero-order valence-electron chi connectivity index (χ0n) is 56.1. The molecule has 0 radical (unpaired) electrons. The molecule has 0 aliphatic carbocycles. The third kappa shape index (κ3) is 22.4. The number of aromatic nitrogens is 6. The van der Waals surface area contributed by atoms with E-state index in [0.717, 1.165) is 46.8 Å². The van der Waals surface area contributed by atoms with Crippen molar-refractivity contribution in [1.82, 2.24) is 40.5 Å². The molecule has 3 aromatic carbocycles. The molecule has 95 heavy (non-hydrogen) atoms. The van der Waals surface area contributed by atoms with Gasteiger partial charge in [0.05, 0.1) is 32.9 Å². The number of benzene rings is 3. The Hall–Kier alpha value is -10.5. The van der Waals surface area contributed by atoms with Crippen molar-refractivity contribution in [2.24, 2.45) is 27.2 Å². The van der Waals surface area contributed by atoms with E-state index < -0.39 is 23.4 Å². The molecular weight excluding hydrogens is 1220 g/mol. The van der Waals surface area contributed by atoms with Gasteiger partial charge in [-0.2, -0.15) is 15.0 Å². The average Bonchev–Trinajstić information content (AvgIpc) is 1.81. The second-order valence-corrected chi connectivity index (χ2v) is 24.8. The standard InChI is InChI=1S/C29H41N7O6.C19H25N7O2.C18H23N5O2/c1-18(2)32-24-30-13-11-22(33-24)36(23(37)20-9-10-21-19(17-20)12-16-40-21)15-14-31-25(34-26(38)41-28(3,4)5)35-27(39)42-29(6,7)8;1-12(2)24-19-23-7-5-16(25-19)26(9-8-22-18(20)21)17(27)14-3-4-15-13(11-14)6-10-28-15;1-12(2)21-18-20-8-5-16(22-18)23(9-7-19)17(24)14-3-4-15-13(11-14)6-10-25-15/h9-11,13,17-18H,12,14-16H2,1-8H3,(H,30,32,33)(H2,31,34,35,38,39);3-5,7,11-12H,6,8-10H2,1-2H3,(H4,20,21,22)(H,23,24,25);3-5,8,11-12H,6-7,9-10,19H2,1-2H3,(H,20,21,22). The SMILES string of the molecule is CC(C)Nc1nccc(N(CCN)C(=O)c2ccc3c(c2)CCO3)n1.CC(C)Nc1nccc(N(CCN=C(N)N)C(=O)c2ccc3c(c2)CCO3)n1.CC(C)Nc1nccc(N(CCN=C(NC(=O)OC(C)(C)C)NC(=O)OC(C)(C)C)C(=O)c2ccc3c(c2)CCO3)n1. The van der Waals surface area contributed by atoms with E-state index in [2.05, 4.69) is 66.5 Å². The molecule has 0 spiro atoms. The average molecular weight is 1310 g/mol. The maximum Gasteiger partial charge on any atom is 0.414 e. The van der Waals surface area contributed by atoms with Crippen LogP contribution in [0.5, 0.6) is 17.2 Å². The molecule has 29 nitrogen and oxygen atoms in total. The van der Waals surface area contributed by atoms with E-state index in [-0.39, 0.29) is 73.9 Å². The highest BCUT2D eigenvalue weighted by molar-refractivity contribution is 6.08. The molecule has 0 fully saturated rings. The highest BCUT2D eigenvalue weighted by atomic mass is 16.6. The molecule has 3 aliphatic heterocycles. The van der Waals surface area contributed by atoms with Crippen LogP contribution in [0.3, 0.4) is 0 Å². The fourth-order valence-corrected chi connectivity index (χ4v) is 9.45. The quantitative estimate of drug-likeness (QED) is 0.0275. The normalized spacial score (nSPS) is 12.5. The molecule has 6 heterocycles. The number of amides is 5. The summed E-state index contributed by atoms with van der Waals surface area (Å²) >= 11 is 0. The maximum atomic E-state index is 13.8. The van der Waals surface area contributed by atoms with Crippen molar-refractivity contribution in [3.05, 3.63) is 125 Å². The van der Waals surface area contributed by atoms with Gasteiger partial charge in [-0.05, 0) is 173 Å². The van der Waals surface area contributed by atoms with Crippen LogP contribution in [-0.4, -0.2) is 160 Å². The highest BCUT2D eigenvalue weighted by Crippen LogP contribution is 2.30. The van der Waals surface area contributed by atoms with Crippen LogP contribution in [-0.2, 0) is 28.7 Å².